The molecule has 1 aromatic rings. The zero-order valence-electron chi connectivity index (χ0n) is 13.2. The SMILES string of the molecule is CO[C@@H]1C[C@H](C(=O)N(C)Cc2cnn(C)c2C)CC[C@@H]1O. The molecule has 6 nitrogen and oxygen atoms in total. The van der Waals surface area contributed by atoms with Crippen molar-refractivity contribution in [2.24, 2.45) is 13.0 Å². The van der Waals surface area contributed by atoms with Crippen LogP contribution in [0.3, 0.4) is 0 Å². The first-order valence-corrected chi connectivity index (χ1v) is 7.37. The van der Waals surface area contributed by atoms with Crippen molar-refractivity contribution in [1.29, 1.82) is 0 Å². The molecule has 6 heteroatoms. The van der Waals surface area contributed by atoms with E-state index < -0.39 is 6.10 Å². The first-order chi connectivity index (χ1) is 9.93. The smallest absolute Gasteiger partial charge is 0.225 e. The fourth-order valence-corrected chi connectivity index (χ4v) is 2.94. The van der Waals surface area contributed by atoms with Crippen LogP contribution in [0.5, 0.6) is 0 Å². The molecule has 1 amide bonds. The Kier molecular flexibility index (Phi) is 5.00. The molecule has 1 aromatic heterocycles. The number of carbonyl (C=O) groups is 1. The van der Waals surface area contributed by atoms with E-state index in [0.29, 0.717) is 19.4 Å². The van der Waals surface area contributed by atoms with Crippen LogP contribution in [0.15, 0.2) is 6.20 Å². The third-order valence-corrected chi connectivity index (χ3v) is 4.53. The van der Waals surface area contributed by atoms with Crippen molar-refractivity contribution in [2.45, 2.75) is 44.9 Å². The number of aryl methyl sites for hydroxylation is 1. The molecule has 1 heterocycles. The third-order valence-electron chi connectivity index (χ3n) is 4.53. The van der Waals surface area contributed by atoms with Crippen LogP contribution in [0.25, 0.3) is 0 Å². The number of ether oxygens (including phenoxy) is 1. The van der Waals surface area contributed by atoms with Crippen molar-refractivity contribution in [3.05, 3.63) is 17.5 Å². The lowest BCUT2D eigenvalue weighted by Crippen LogP contribution is -2.42. The second kappa shape index (κ2) is 6.58. The van der Waals surface area contributed by atoms with Gasteiger partial charge in [-0.1, -0.05) is 0 Å². The second-order valence-electron chi connectivity index (χ2n) is 5.92. The summed E-state index contributed by atoms with van der Waals surface area (Å²) in [6.07, 6.45) is 3.05. The van der Waals surface area contributed by atoms with Crippen LogP contribution in [0.4, 0.5) is 0 Å². The zero-order valence-corrected chi connectivity index (χ0v) is 13.2. The lowest BCUT2D eigenvalue weighted by Gasteiger charge is -2.33. The molecule has 1 aliphatic rings. The molecule has 0 unspecified atom stereocenters. The number of amides is 1. The Hall–Kier alpha value is -1.40. The maximum Gasteiger partial charge on any atom is 0.225 e. The molecule has 21 heavy (non-hydrogen) atoms. The van der Waals surface area contributed by atoms with Gasteiger partial charge in [0, 0.05) is 44.9 Å². The molecule has 1 aliphatic carbocycles. The fraction of sp³-hybridized carbons (Fsp3) is 0.733. The maximum atomic E-state index is 12.6. The number of hydrogen-bond acceptors (Lipinski definition) is 4. The summed E-state index contributed by atoms with van der Waals surface area (Å²) >= 11 is 0. The predicted molar refractivity (Wildman–Crippen MR) is 78.6 cm³/mol. The van der Waals surface area contributed by atoms with Gasteiger partial charge in [0.25, 0.3) is 0 Å². The summed E-state index contributed by atoms with van der Waals surface area (Å²) in [7, 11) is 5.30. The lowest BCUT2D eigenvalue weighted by molar-refractivity contribution is -0.140. The molecule has 0 spiro atoms. The molecule has 0 radical (unpaired) electrons. The summed E-state index contributed by atoms with van der Waals surface area (Å²) in [6, 6.07) is 0. The third kappa shape index (κ3) is 3.44. The molecule has 0 aromatic carbocycles. The number of hydrogen-bond donors (Lipinski definition) is 1. The van der Waals surface area contributed by atoms with Crippen molar-refractivity contribution >= 4 is 5.91 Å². The van der Waals surface area contributed by atoms with Gasteiger partial charge in [-0.05, 0) is 26.2 Å². The Morgan fingerprint density at radius 1 is 1.57 bits per heavy atom. The van der Waals surface area contributed by atoms with Gasteiger partial charge in [-0.25, -0.2) is 0 Å². The molecule has 3 atom stereocenters. The highest BCUT2D eigenvalue weighted by Crippen LogP contribution is 2.28. The molecule has 2 rings (SSSR count). The Morgan fingerprint density at radius 2 is 2.29 bits per heavy atom. The fourth-order valence-electron chi connectivity index (χ4n) is 2.94. The quantitative estimate of drug-likeness (QED) is 0.895. The van der Waals surface area contributed by atoms with Crippen LogP contribution in [-0.4, -0.2) is 52.1 Å². The van der Waals surface area contributed by atoms with Crippen LogP contribution in [-0.2, 0) is 23.1 Å². The molecular formula is C15H25N3O3. The number of nitrogens with zero attached hydrogens (tertiary/aromatic N) is 3. The minimum atomic E-state index is -0.454. The van der Waals surface area contributed by atoms with Gasteiger partial charge in [-0.3, -0.25) is 9.48 Å². The average molecular weight is 295 g/mol. The van der Waals surface area contributed by atoms with Crippen LogP contribution in [0.2, 0.25) is 0 Å². The topological polar surface area (TPSA) is 67.6 Å². The lowest BCUT2D eigenvalue weighted by atomic mass is 9.84. The van der Waals surface area contributed by atoms with Gasteiger partial charge >= 0.3 is 0 Å². The predicted octanol–water partition coefficient (Wildman–Crippen LogP) is 0.863. The van der Waals surface area contributed by atoms with Crippen molar-refractivity contribution in [1.82, 2.24) is 14.7 Å². The average Bonchev–Trinajstić information content (AvgIpc) is 2.79. The molecule has 1 saturated carbocycles. The van der Waals surface area contributed by atoms with Crippen molar-refractivity contribution in [3.8, 4) is 0 Å². The van der Waals surface area contributed by atoms with E-state index in [-0.39, 0.29) is 17.9 Å². The standard InChI is InChI=1S/C15H25N3O3/c1-10-12(8-16-18(10)3)9-17(2)15(20)11-5-6-13(19)14(7-11)21-4/h8,11,13-14,19H,5-7,9H2,1-4H3/t11-,13+,14-/m1/s1. The Morgan fingerprint density at radius 3 is 2.86 bits per heavy atom. The first kappa shape index (κ1) is 16.0. The molecule has 0 bridgehead atoms. The van der Waals surface area contributed by atoms with E-state index >= 15 is 0 Å². The van der Waals surface area contributed by atoms with Gasteiger partial charge in [0.1, 0.15) is 0 Å². The van der Waals surface area contributed by atoms with E-state index in [9.17, 15) is 9.90 Å². The van der Waals surface area contributed by atoms with Crippen LogP contribution in [0, 0.1) is 12.8 Å². The molecular weight excluding hydrogens is 270 g/mol. The van der Waals surface area contributed by atoms with Gasteiger partial charge < -0.3 is 14.7 Å². The minimum Gasteiger partial charge on any atom is -0.390 e. The molecule has 118 valence electrons. The highest BCUT2D eigenvalue weighted by atomic mass is 16.5. The van der Waals surface area contributed by atoms with E-state index in [2.05, 4.69) is 5.10 Å². The summed E-state index contributed by atoms with van der Waals surface area (Å²) in [4.78, 5) is 14.3. The first-order valence-electron chi connectivity index (χ1n) is 7.37. The van der Waals surface area contributed by atoms with E-state index in [4.69, 9.17) is 4.74 Å². The number of rotatable bonds is 4. The normalized spacial score (nSPS) is 25.9. The molecule has 1 fully saturated rings. The number of aliphatic hydroxyl groups excluding tert-OH is 1. The molecule has 1 N–H and O–H groups in total. The second-order valence-corrected chi connectivity index (χ2v) is 5.92. The minimum absolute atomic E-state index is 0.0691. The van der Waals surface area contributed by atoms with Gasteiger partial charge in [0.05, 0.1) is 18.4 Å². The number of methoxy groups -OCH3 is 1. The molecule has 0 saturated heterocycles. The number of aromatic nitrogens is 2. The van der Waals surface area contributed by atoms with E-state index in [1.54, 1.807) is 12.0 Å². The Bertz CT molecular complexity index is 500. The van der Waals surface area contributed by atoms with Crippen molar-refractivity contribution in [2.75, 3.05) is 14.2 Å². The highest BCUT2D eigenvalue weighted by molar-refractivity contribution is 5.78. The highest BCUT2D eigenvalue weighted by Gasteiger charge is 2.34. The van der Waals surface area contributed by atoms with Gasteiger partial charge in [-0.2, -0.15) is 5.10 Å². The summed E-state index contributed by atoms with van der Waals surface area (Å²) < 4.78 is 7.08. The summed E-state index contributed by atoms with van der Waals surface area (Å²) in [5.41, 5.74) is 2.14. The Balaban J connectivity index is 1.97. The van der Waals surface area contributed by atoms with E-state index in [1.807, 2.05) is 31.9 Å². The van der Waals surface area contributed by atoms with Crippen LogP contribution >= 0.6 is 0 Å². The van der Waals surface area contributed by atoms with Gasteiger partial charge in [0.2, 0.25) is 5.91 Å². The van der Waals surface area contributed by atoms with Gasteiger partial charge in [0.15, 0.2) is 0 Å². The molecule has 0 aliphatic heterocycles. The number of aliphatic hydroxyl groups is 1. The monoisotopic (exact) mass is 295 g/mol. The maximum absolute atomic E-state index is 12.6. The van der Waals surface area contributed by atoms with Crippen LogP contribution < -0.4 is 0 Å². The summed E-state index contributed by atoms with van der Waals surface area (Å²) in [5, 5.41) is 14.0. The van der Waals surface area contributed by atoms with Crippen molar-refractivity contribution in [3.63, 3.8) is 0 Å². The van der Waals surface area contributed by atoms with E-state index in [0.717, 1.165) is 17.7 Å². The summed E-state index contributed by atoms with van der Waals surface area (Å²) in [6.45, 7) is 2.56. The Labute approximate surface area is 125 Å². The van der Waals surface area contributed by atoms with Gasteiger partial charge in [-0.15, -0.1) is 0 Å². The van der Waals surface area contributed by atoms with Crippen molar-refractivity contribution < 1.29 is 14.6 Å². The summed E-state index contributed by atoms with van der Waals surface area (Å²) in [5.74, 6) is 0.0486. The number of carbonyl (C=O) groups excluding carboxylic acids is 1. The van der Waals surface area contributed by atoms with Crippen LogP contribution in [0.1, 0.15) is 30.5 Å². The largest absolute Gasteiger partial charge is 0.390 e. The zero-order chi connectivity index (χ0) is 15.6. The van der Waals surface area contributed by atoms with E-state index in [1.165, 1.54) is 0 Å².